The van der Waals surface area contributed by atoms with Gasteiger partial charge in [-0.05, 0) is 43.7 Å². The van der Waals surface area contributed by atoms with Gasteiger partial charge in [-0.25, -0.2) is 9.78 Å². The second kappa shape index (κ2) is 10.4. The average molecular weight is 444 g/mol. The second-order valence-corrected chi connectivity index (χ2v) is 7.21. The number of pyridine rings is 1. The van der Waals surface area contributed by atoms with E-state index in [1.165, 1.54) is 10.9 Å². The van der Waals surface area contributed by atoms with Crippen LogP contribution in [0.2, 0.25) is 0 Å². The quantitative estimate of drug-likeness (QED) is 0.304. The van der Waals surface area contributed by atoms with E-state index in [-0.39, 0.29) is 30.3 Å². The Bertz CT molecular complexity index is 1250. The Morgan fingerprint density at radius 2 is 1.79 bits per heavy atom. The molecule has 2 aromatic heterocycles. The number of nitrogens with one attached hydrogen (secondary N) is 1. The summed E-state index contributed by atoms with van der Waals surface area (Å²) in [6, 6.07) is 20.8. The minimum absolute atomic E-state index is 0.167. The monoisotopic (exact) mass is 444 g/mol. The summed E-state index contributed by atoms with van der Waals surface area (Å²) < 4.78 is 12.2. The summed E-state index contributed by atoms with van der Waals surface area (Å²) in [5.74, 6) is 0.632. The minimum atomic E-state index is -0.563. The summed E-state index contributed by atoms with van der Waals surface area (Å²) in [6.07, 6.45) is 2.10. The van der Waals surface area contributed by atoms with Gasteiger partial charge in [0.1, 0.15) is 11.3 Å². The summed E-state index contributed by atoms with van der Waals surface area (Å²) in [5, 5.41) is 8.08. The van der Waals surface area contributed by atoms with Crippen molar-refractivity contribution in [3.05, 3.63) is 78.5 Å². The molecule has 0 spiro atoms. The number of hydrogen-bond donors (Lipinski definition) is 1. The van der Waals surface area contributed by atoms with Crippen LogP contribution in [0.1, 0.15) is 30.1 Å². The maximum absolute atomic E-state index is 12.7. The van der Waals surface area contributed by atoms with Crippen molar-refractivity contribution >= 4 is 28.6 Å². The number of carbonyl (C=O) groups is 2. The lowest BCUT2D eigenvalue weighted by Crippen LogP contribution is -2.18. The highest BCUT2D eigenvalue weighted by Crippen LogP contribution is 2.23. The number of aromatic nitrogens is 3. The lowest BCUT2D eigenvalue weighted by Gasteiger charge is -2.11. The molecule has 2 aromatic carbocycles. The highest BCUT2D eigenvalue weighted by molar-refractivity contribution is 6.00. The van der Waals surface area contributed by atoms with Crippen molar-refractivity contribution in [1.29, 1.82) is 0 Å². The van der Waals surface area contributed by atoms with E-state index in [0.29, 0.717) is 18.8 Å². The van der Waals surface area contributed by atoms with Crippen LogP contribution < -0.4 is 10.1 Å². The number of anilines is 1. The Balaban J connectivity index is 1.51. The van der Waals surface area contributed by atoms with Gasteiger partial charge in [0.2, 0.25) is 5.91 Å². The van der Waals surface area contributed by atoms with Crippen LogP contribution in [-0.4, -0.2) is 39.9 Å². The van der Waals surface area contributed by atoms with Crippen molar-refractivity contribution in [2.45, 2.75) is 19.8 Å². The minimum Gasteiger partial charge on any atom is -0.494 e. The van der Waals surface area contributed by atoms with E-state index in [0.717, 1.165) is 16.7 Å². The molecule has 4 aromatic rings. The molecule has 0 aliphatic carbocycles. The average Bonchev–Trinajstić information content (AvgIpc) is 3.26. The number of fused-ring (bicyclic) bond motifs is 1. The van der Waals surface area contributed by atoms with Crippen molar-refractivity contribution < 1.29 is 19.1 Å². The van der Waals surface area contributed by atoms with E-state index in [9.17, 15) is 9.59 Å². The first-order chi connectivity index (χ1) is 16.2. The summed E-state index contributed by atoms with van der Waals surface area (Å²) in [7, 11) is 0. The fourth-order valence-corrected chi connectivity index (χ4v) is 3.31. The Labute approximate surface area is 191 Å². The number of amides is 1. The SMILES string of the molecule is CCOC(=O)c1cnn(-c2ccc3ccccc3n2)c1NC(=O)CCCOc1ccccc1. The van der Waals surface area contributed by atoms with E-state index in [4.69, 9.17) is 9.47 Å². The molecule has 8 heteroatoms. The van der Waals surface area contributed by atoms with Crippen molar-refractivity contribution in [3.8, 4) is 11.6 Å². The van der Waals surface area contributed by atoms with E-state index < -0.39 is 5.97 Å². The summed E-state index contributed by atoms with van der Waals surface area (Å²) in [6.45, 7) is 2.33. The van der Waals surface area contributed by atoms with Crippen molar-refractivity contribution in [1.82, 2.24) is 14.8 Å². The Hall–Kier alpha value is -4.20. The first-order valence-corrected chi connectivity index (χ1v) is 10.7. The summed E-state index contributed by atoms with van der Waals surface area (Å²) in [4.78, 5) is 29.7. The lowest BCUT2D eigenvalue weighted by molar-refractivity contribution is -0.116. The molecule has 0 aliphatic heterocycles. The molecule has 1 amide bonds. The van der Waals surface area contributed by atoms with Crippen molar-refractivity contribution in [3.63, 3.8) is 0 Å². The third-order valence-electron chi connectivity index (χ3n) is 4.88. The van der Waals surface area contributed by atoms with Crippen LogP contribution in [0.3, 0.4) is 0 Å². The normalized spacial score (nSPS) is 10.7. The fourth-order valence-electron chi connectivity index (χ4n) is 3.31. The summed E-state index contributed by atoms with van der Waals surface area (Å²) in [5.41, 5.74) is 0.944. The molecule has 1 N–H and O–H groups in total. The fraction of sp³-hybridized carbons (Fsp3) is 0.200. The van der Waals surface area contributed by atoms with Gasteiger partial charge in [-0.3, -0.25) is 4.79 Å². The predicted octanol–water partition coefficient (Wildman–Crippen LogP) is 4.39. The molecular weight excluding hydrogens is 420 g/mol. The molecule has 0 atom stereocenters. The molecular formula is C25H24N4O4. The largest absolute Gasteiger partial charge is 0.494 e. The Kier molecular flexibility index (Phi) is 6.94. The van der Waals surface area contributed by atoms with Gasteiger partial charge in [-0.2, -0.15) is 9.78 Å². The number of rotatable bonds is 9. The number of nitrogens with zero attached hydrogens (tertiary/aromatic N) is 3. The van der Waals surface area contributed by atoms with Gasteiger partial charge in [0.05, 0.1) is 24.9 Å². The van der Waals surface area contributed by atoms with Crippen LogP contribution in [-0.2, 0) is 9.53 Å². The number of esters is 1. The number of ether oxygens (including phenoxy) is 2. The van der Waals surface area contributed by atoms with Gasteiger partial charge < -0.3 is 14.8 Å². The highest BCUT2D eigenvalue weighted by Gasteiger charge is 2.22. The maximum Gasteiger partial charge on any atom is 0.343 e. The predicted molar refractivity (Wildman–Crippen MR) is 125 cm³/mol. The lowest BCUT2D eigenvalue weighted by atomic mass is 10.2. The molecule has 2 heterocycles. The Morgan fingerprint density at radius 1 is 1.00 bits per heavy atom. The number of carbonyl (C=O) groups excluding carboxylic acids is 2. The number of para-hydroxylation sites is 2. The van der Waals surface area contributed by atoms with Gasteiger partial charge in [-0.1, -0.05) is 36.4 Å². The zero-order chi connectivity index (χ0) is 23.0. The van der Waals surface area contributed by atoms with E-state index in [2.05, 4.69) is 15.4 Å². The van der Waals surface area contributed by atoms with Gasteiger partial charge in [0.15, 0.2) is 11.6 Å². The smallest absolute Gasteiger partial charge is 0.343 e. The maximum atomic E-state index is 12.7. The van der Waals surface area contributed by atoms with Crippen LogP contribution in [0.25, 0.3) is 16.7 Å². The molecule has 0 radical (unpaired) electrons. The molecule has 0 fully saturated rings. The molecule has 8 nitrogen and oxygen atoms in total. The second-order valence-electron chi connectivity index (χ2n) is 7.21. The zero-order valence-corrected chi connectivity index (χ0v) is 18.2. The molecule has 0 saturated heterocycles. The van der Waals surface area contributed by atoms with Gasteiger partial charge in [-0.15, -0.1) is 0 Å². The van der Waals surface area contributed by atoms with Crippen molar-refractivity contribution in [2.24, 2.45) is 0 Å². The van der Waals surface area contributed by atoms with Crippen LogP contribution in [0.4, 0.5) is 5.82 Å². The molecule has 33 heavy (non-hydrogen) atoms. The van der Waals surface area contributed by atoms with Crippen LogP contribution in [0.5, 0.6) is 5.75 Å². The van der Waals surface area contributed by atoms with E-state index >= 15 is 0 Å². The van der Waals surface area contributed by atoms with Gasteiger partial charge in [0, 0.05) is 11.8 Å². The van der Waals surface area contributed by atoms with E-state index in [1.54, 1.807) is 13.0 Å². The molecule has 0 aliphatic rings. The topological polar surface area (TPSA) is 95.3 Å². The first-order valence-electron chi connectivity index (χ1n) is 10.7. The third kappa shape index (κ3) is 5.35. The number of hydrogen-bond acceptors (Lipinski definition) is 6. The van der Waals surface area contributed by atoms with Crippen LogP contribution >= 0.6 is 0 Å². The first kappa shape index (κ1) is 22.0. The molecule has 168 valence electrons. The van der Waals surface area contributed by atoms with Crippen molar-refractivity contribution in [2.75, 3.05) is 18.5 Å². The third-order valence-corrected chi connectivity index (χ3v) is 4.88. The molecule has 0 bridgehead atoms. The highest BCUT2D eigenvalue weighted by atomic mass is 16.5. The van der Waals surface area contributed by atoms with Gasteiger partial charge >= 0.3 is 5.97 Å². The van der Waals surface area contributed by atoms with Crippen LogP contribution in [0, 0.1) is 0 Å². The van der Waals surface area contributed by atoms with E-state index in [1.807, 2.05) is 60.7 Å². The Morgan fingerprint density at radius 3 is 2.61 bits per heavy atom. The zero-order valence-electron chi connectivity index (χ0n) is 18.2. The summed E-state index contributed by atoms with van der Waals surface area (Å²) >= 11 is 0. The molecule has 0 unspecified atom stereocenters. The van der Waals surface area contributed by atoms with Gasteiger partial charge in [0.25, 0.3) is 0 Å². The molecule has 0 saturated carbocycles. The molecule has 4 rings (SSSR count). The van der Waals surface area contributed by atoms with Crippen LogP contribution in [0.15, 0.2) is 72.9 Å². The standard InChI is InChI=1S/C25H24N4O4/c1-2-32-25(31)20-17-26-29(22-15-14-18-9-6-7-12-21(18)27-22)24(20)28-23(30)13-8-16-33-19-10-4-3-5-11-19/h3-7,9-12,14-15,17H,2,8,13,16H2,1H3,(H,28,30). The number of benzene rings is 2.